The van der Waals surface area contributed by atoms with Gasteiger partial charge in [-0.2, -0.15) is 13.2 Å². The number of unbranched alkanes of at least 4 members (excludes halogenated alkanes) is 1. The first-order valence-corrected chi connectivity index (χ1v) is 11.1. The zero-order valence-corrected chi connectivity index (χ0v) is 18.9. The Morgan fingerprint density at radius 1 is 0.848 bits per heavy atom. The molecule has 3 aromatic carbocycles. The molecule has 0 aromatic heterocycles. The number of benzene rings is 3. The fourth-order valence-corrected chi connectivity index (χ4v) is 3.57. The minimum atomic E-state index is -4.37. The third-order valence-corrected chi connectivity index (χ3v) is 5.44. The molecule has 0 heterocycles. The van der Waals surface area contributed by atoms with E-state index in [1.165, 1.54) is 12.1 Å². The first kappa shape index (κ1) is 24.3. The highest BCUT2D eigenvalue weighted by Crippen LogP contribution is 2.30. The zero-order chi connectivity index (χ0) is 23.8. The van der Waals surface area contributed by atoms with Crippen molar-refractivity contribution in [2.24, 2.45) is 0 Å². The summed E-state index contributed by atoms with van der Waals surface area (Å²) in [5, 5.41) is 3.36. The summed E-state index contributed by atoms with van der Waals surface area (Å²) in [7, 11) is 0. The first-order chi connectivity index (χ1) is 15.8. The van der Waals surface area contributed by atoms with Crippen LogP contribution in [0.4, 0.5) is 13.2 Å². The number of rotatable bonds is 9. The van der Waals surface area contributed by atoms with Gasteiger partial charge in [0, 0.05) is 18.5 Å². The fourth-order valence-electron chi connectivity index (χ4n) is 3.57. The molecule has 0 fully saturated rings. The van der Waals surface area contributed by atoms with Crippen molar-refractivity contribution in [1.82, 2.24) is 5.32 Å². The Morgan fingerprint density at radius 2 is 1.48 bits per heavy atom. The highest BCUT2D eigenvalue weighted by atomic mass is 19.4. The number of nitrogens with one attached hydrogen (secondary N) is 1. The van der Waals surface area contributed by atoms with Crippen molar-refractivity contribution in [3.05, 3.63) is 107 Å². The van der Waals surface area contributed by atoms with E-state index in [4.69, 9.17) is 0 Å². The molecule has 1 N–H and O–H groups in total. The smallest absolute Gasteiger partial charge is 0.380 e. The van der Waals surface area contributed by atoms with Crippen LogP contribution in [-0.2, 0) is 17.5 Å². The lowest BCUT2D eigenvalue weighted by atomic mass is 9.93. The highest BCUT2D eigenvalue weighted by molar-refractivity contribution is 6.27. The van der Waals surface area contributed by atoms with E-state index in [0.717, 1.165) is 41.7 Å². The van der Waals surface area contributed by atoms with E-state index >= 15 is 0 Å². The Balaban J connectivity index is 2.03. The molecule has 0 bridgehead atoms. The van der Waals surface area contributed by atoms with Crippen LogP contribution in [0.5, 0.6) is 0 Å². The van der Waals surface area contributed by atoms with Crippen LogP contribution >= 0.6 is 0 Å². The number of alkyl halides is 3. The summed E-state index contributed by atoms with van der Waals surface area (Å²) in [5.41, 5.74) is 4.06. The van der Waals surface area contributed by atoms with Crippen molar-refractivity contribution in [3.63, 3.8) is 0 Å². The topological polar surface area (TPSA) is 29.1 Å². The van der Waals surface area contributed by atoms with E-state index in [-0.39, 0.29) is 5.78 Å². The second-order valence-corrected chi connectivity index (χ2v) is 8.06. The minimum Gasteiger partial charge on any atom is -0.380 e. The number of aryl methyl sites for hydroxylation is 1. The van der Waals surface area contributed by atoms with Gasteiger partial charge in [0.05, 0.1) is 11.3 Å². The molecule has 2 nitrogen and oxygen atoms in total. The molecule has 0 saturated heterocycles. The molecule has 0 spiro atoms. The lowest BCUT2D eigenvalue weighted by Crippen LogP contribution is -2.17. The molecular weight excluding hydrogens is 423 g/mol. The zero-order valence-electron chi connectivity index (χ0n) is 18.9. The molecule has 0 radical (unpaired) electrons. The van der Waals surface area contributed by atoms with Crippen molar-refractivity contribution in [2.75, 3.05) is 0 Å². The molecule has 33 heavy (non-hydrogen) atoms. The van der Waals surface area contributed by atoms with Gasteiger partial charge in [0.1, 0.15) is 0 Å². The maximum atomic E-state index is 13.3. The van der Waals surface area contributed by atoms with Gasteiger partial charge < -0.3 is 5.32 Å². The van der Waals surface area contributed by atoms with Crippen LogP contribution in [0.25, 0.3) is 11.3 Å². The van der Waals surface area contributed by atoms with Crippen molar-refractivity contribution >= 4 is 17.1 Å². The molecule has 0 aliphatic rings. The van der Waals surface area contributed by atoms with Crippen LogP contribution in [0.3, 0.4) is 0 Å². The monoisotopic (exact) mass is 451 g/mol. The number of allylic oxidation sites excluding steroid dienone is 1. The maximum Gasteiger partial charge on any atom is 0.416 e. The average molecular weight is 452 g/mol. The molecular formula is C28H28F3NO. The van der Waals surface area contributed by atoms with E-state index in [2.05, 4.69) is 5.32 Å². The maximum absolute atomic E-state index is 13.3. The van der Waals surface area contributed by atoms with Crippen molar-refractivity contribution < 1.29 is 18.0 Å². The van der Waals surface area contributed by atoms with Gasteiger partial charge in [-0.3, -0.25) is 4.79 Å². The van der Waals surface area contributed by atoms with Gasteiger partial charge in [-0.05, 0) is 42.2 Å². The summed E-state index contributed by atoms with van der Waals surface area (Å²) in [6.45, 7) is 4.33. The van der Waals surface area contributed by atoms with Gasteiger partial charge >= 0.3 is 6.18 Å². The summed E-state index contributed by atoms with van der Waals surface area (Å²) < 4.78 is 38.7. The minimum absolute atomic E-state index is 0.0403. The Morgan fingerprint density at radius 3 is 2.06 bits per heavy atom. The van der Waals surface area contributed by atoms with Gasteiger partial charge in [0.15, 0.2) is 5.78 Å². The van der Waals surface area contributed by atoms with E-state index in [1.807, 2.05) is 68.4 Å². The van der Waals surface area contributed by atoms with Gasteiger partial charge in [-0.25, -0.2) is 0 Å². The molecule has 0 aliphatic carbocycles. The largest absolute Gasteiger partial charge is 0.416 e. The average Bonchev–Trinajstić information content (AvgIpc) is 2.81. The predicted octanol–water partition coefficient (Wildman–Crippen LogP) is 7.43. The van der Waals surface area contributed by atoms with Gasteiger partial charge in [0.25, 0.3) is 0 Å². The number of hydrogen-bond acceptors (Lipinski definition) is 2. The van der Waals surface area contributed by atoms with Crippen LogP contribution in [0, 0.1) is 6.92 Å². The van der Waals surface area contributed by atoms with Crippen LogP contribution < -0.4 is 5.32 Å². The molecule has 0 atom stereocenters. The molecule has 3 rings (SSSR count). The SMILES string of the molecule is CCCCC(=O)/C(=C(/NCc1ccc(C(F)(F)F)cc1)c1ccc(C)cc1)c1ccccc1. The third kappa shape index (κ3) is 6.58. The number of carbonyl (C=O) groups is 1. The van der Waals surface area contributed by atoms with Crippen LogP contribution in [-0.4, -0.2) is 5.78 Å². The van der Waals surface area contributed by atoms with E-state index in [9.17, 15) is 18.0 Å². The van der Waals surface area contributed by atoms with E-state index < -0.39 is 11.7 Å². The molecule has 5 heteroatoms. The summed E-state index contributed by atoms with van der Waals surface area (Å²) in [6.07, 6.45) is -2.24. The number of hydrogen-bond donors (Lipinski definition) is 1. The van der Waals surface area contributed by atoms with E-state index in [0.29, 0.717) is 29.8 Å². The Labute approximate surface area is 193 Å². The first-order valence-electron chi connectivity index (χ1n) is 11.1. The quantitative estimate of drug-likeness (QED) is 0.271. The number of ketones is 1. The van der Waals surface area contributed by atoms with Gasteiger partial charge in [-0.15, -0.1) is 0 Å². The lowest BCUT2D eigenvalue weighted by molar-refractivity contribution is -0.137. The number of Topliss-reactive ketones (excluding diaryl/α,β-unsaturated/α-hetero) is 1. The Bertz CT molecular complexity index is 1080. The fraction of sp³-hybridized carbons (Fsp3) is 0.250. The normalized spacial score (nSPS) is 12.3. The van der Waals surface area contributed by atoms with Crippen LogP contribution in [0.15, 0.2) is 78.9 Å². The second kappa shape index (κ2) is 11.0. The molecule has 0 saturated carbocycles. The van der Waals surface area contributed by atoms with Crippen molar-refractivity contribution in [2.45, 2.75) is 45.8 Å². The summed E-state index contributed by atoms with van der Waals surface area (Å²) >= 11 is 0. The summed E-state index contributed by atoms with van der Waals surface area (Å²) in [6, 6.07) is 22.5. The third-order valence-electron chi connectivity index (χ3n) is 5.44. The highest BCUT2D eigenvalue weighted by Gasteiger charge is 2.30. The summed E-state index contributed by atoms with van der Waals surface area (Å²) in [5.74, 6) is 0.0403. The lowest BCUT2D eigenvalue weighted by Gasteiger charge is -2.18. The van der Waals surface area contributed by atoms with Gasteiger partial charge in [-0.1, -0.05) is 85.6 Å². The van der Waals surface area contributed by atoms with E-state index in [1.54, 1.807) is 0 Å². The van der Waals surface area contributed by atoms with Gasteiger partial charge in [0.2, 0.25) is 0 Å². The molecule has 0 amide bonds. The molecule has 0 aliphatic heterocycles. The van der Waals surface area contributed by atoms with Crippen molar-refractivity contribution in [1.29, 1.82) is 0 Å². The van der Waals surface area contributed by atoms with Crippen molar-refractivity contribution in [3.8, 4) is 0 Å². The van der Waals surface area contributed by atoms with Crippen LogP contribution in [0.2, 0.25) is 0 Å². The number of carbonyl (C=O) groups excluding carboxylic acids is 1. The molecule has 0 unspecified atom stereocenters. The Kier molecular flexibility index (Phi) is 8.10. The predicted molar refractivity (Wildman–Crippen MR) is 127 cm³/mol. The number of halogens is 3. The standard InChI is InChI=1S/C28H28F3NO/c1-3-4-10-25(33)26(22-8-6-5-7-9-22)27(23-15-11-20(2)12-16-23)32-19-21-13-17-24(18-14-21)28(29,30)31/h5-9,11-18,32H,3-4,10,19H2,1-2H3/b27-26+. The molecule has 3 aromatic rings. The summed E-state index contributed by atoms with van der Waals surface area (Å²) in [4.78, 5) is 13.3. The second-order valence-electron chi connectivity index (χ2n) is 8.06. The Hall–Kier alpha value is -3.34. The van der Waals surface area contributed by atoms with Crippen LogP contribution in [0.1, 0.15) is 54.0 Å². The molecule has 172 valence electrons.